The third kappa shape index (κ3) is 6.06. The van der Waals surface area contributed by atoms with Crippen molar-refractivity contribution < 1.29 is 4.79 Å². The van der Waals surface area contributed by atoms with Crippen LogP contribution in [0.5, 0.6) is 0 Å². The highest BCUT2D eigenvalue weighted by atomic mass is 35.5. The van der Waals surface area contributed by atoms with Crippen molar-refractivity contribution in [2.75, 3.05) is 11.1 Å². The van der Waals surface area contributed by atoms with Crippen molar-refractivity contribution in [2.45, 2.75) is 22.5 Å². The predicted octanol–water partition coefficient (Wildman–Crippen LogP) is 6.67. The lowest BCUT2D eigenvalue weighted by atomic mass is 10.1. The maximum atomic E-state index is 12.4. The van der Waals surface area contributed by atoms with Crippen LogP contribution in [0.25, 0.3) is 0 Å². The molecule has 0 aromatic heterocycles. The van der Waals surface area contributed by atoms with Crippen LogP contribution in [0.2, 0.25) is 5.02 Å². The second kappa shape index (κ2) is 9.88. The van der Waals surface area contributed by atoms with Crippen molar-refractivity contribution in [3.05, 3.63) is 88.9 Å². The third-order valence-corrected chi connectivity index (χ3v) is 6.27. The number of carbonyl (C=O) groups excluding carboxylic acids is 1. The van der Waals surface area contributed by atoms with Crippen LogP contribution >= 0.6 is 35.1 Å². The Bertz CT molecular complexity index is 912. The van der Waals surface area contributed by atoms with Gasteiger partial charge in [0.1, 0.15) is 0 Å². The zero-order chi connectivity index (χ0) is 19.1. The highest BCUT2D eigenvalue weighted by molar-refractivity contribution is 7.99. The van der Waals surface area contributed by atoms with Gasteiger partial charge in [-0.25, -0.2) is 0 Å². The number of nitrogens with one attached hydrogen (secondary N) is 1. The van der Waals surface area contributed by atoms with E-state index >= 15 is 0 Å². The summed E-state index contributed by atoms with van der Waals surface area (Å²) < 4.78 is 0. The quantitative estimate of drug-likeness (QED) is 0.468. The first-order valence-corrected chi connectivity index (χ1v) is 10.9. The molecule has 3 aromatic rings. The van der Waals surface area contributed by atoms with Gasteiger partial charge in [0.25, 0.3) is 0 Å². The molecule has 0 unspecified atom stereocenters. The fourth-order valence-corrected chi connectivity index (χ4v) is 4.43. The third-order valence-electron chi connectivity index (χ3n) is 3.95. The maximum Gasteiger partial charge on any atom is 0.234 e. The van der Waals surface area contributed by atoms with Gasteiger partial charge in [-0.2, -0.15) is 0 Å². The maximum absolute atomic E-state index is 12.4. The number of benzene rings is 3. The van der Waals surface area contributed by atoms with Gasteiger partial charge < -0.3 is 5.32 Å². The molecule has 3 rings (SSSR count). The molecular weight excluding hydrogens is 394 g/mol. The summed E-state index contributed by atoms with van der Waals surface area (Å²) in [5.41, 5.74) is 3.36. The predicted molar refractivity (Wildman–Crippen MR) is 118 cm³/mol. The van der Waals surface area contributed by atoms with Gasteiger partial charge in [0.15, 0.2) is 0 Å². The highest BCUT2D eigenvalue weighted by Crippen LogP contribution is 2.34. The monoisotopic (exact) mass is 413 g/mol. The molecule has 0 fully saturated rings. The standard InChI is InChI=1S/C22H20ClNOS2/c1-16-6-2-3-7-17(16)14-26-15-22(25)24-20-8-4-5-9-21(20)27-19-12-10-18(23)11-13-19/h2-13H,14-15H2,1H3,(H,24,25). The summed E-state index contributed by atoms with van der Waals surface area (Å²) in [5, 5.41) is 3.75. The Morgan fingerprint density at radius 2 is 1.67 bits per heavy atom. The average Bonchev–Trinajstić information content (AvgIpc) is 2.67. The molecule has 3 aromatic carbocycles. The minimum atomic E-state index is 0.0118. The Kier molecular flexibility index (Phi) is 7.27. The molecule has 0 aliphatic heterocycles. The van der Waals surface area contributed by atoms with E-state index in [-0.39, 0.29) is 5.91 Å². The van der Waals surface area contributed by atoms with E-state index in [0.717, 1.165) is 21.2 Å². The molecule has 0 heterocycles. The molecule has 0 bridgehead atoms. The summed E-state index contributed by atoms with van der Waals surface area (Å²) in [6, 6.07) is 23.8. The van der Waals surface area contributed by atoms with Crippen molar-refractivity contribution >= 4 is 46.7 Å². The summed E-state index contributed by atoms with van der Waals surface area (Å²) >= 11 is 9.18. The molecule has 0 radical (unpaired) electrons. The molecule has 1 N–H and O–H groups in total. The van der Waals surface area contributed by atoms with Gasteiger partial charge in [-0.3, -0.25) is 4.79 Å². The second-order valence-corrected chi connectivity index (χ2v) is 8.56. The minimum Gasteiger partial charge on any atom is -0.324 e. The number of amides is 1. The van der Waals surface area contributed by atoms with E-state index in [1.165, 1.54) is 11.1 Å². The Labute approximate surface area is 173 Å². The summed E-state index contributed by atoms with van der Waals surface area (Å²) in [6.07, 6.45) is 0. The van der Waals surface area contributed by atoms with Crippen molar-refractivity contribution in [3.8, 4) is 0 Å². The van der Waals surface area contributed by atoms with Crippen LogP contribution in [0.1, 0.15) is 11.1 Å². The van der Waals surface area contributed by atoms with Crippen LogP contribution in [0.3, 0.4) is 0 Å². The zero-order valence-corrected chi connectivity index (χ0v) is 17.3. The molecule has 0 atom stereocenters. The number of anilines is 1. The van der Waals surface area contributed by atoms with Gasteiger partial charge in [0, 0.05) is 20.6 Å². The first kappa shape index (κ1) is 19.9. The summed E-state index contributed by atoms with van der Waals surface area (Å²) in [4.78, 5) is 14.5. The number of thioether (sulfide) groups is 1. The molecule has 0 saturated carbocycles. The van der Waals surface area contributed by atoms with Gasteiger partial charge in [0.05, 0.1) is 11.4 Å². The van der Waals surface area contributed by atoms with E-state index < -0.39 is 0 Å². The normalized spacial score (nSPS) is 10.6. The highest BCUT2D eigenvalue weighted by Gasteiger charge is 2.09. The van der Waals surface area contributed by atoms with E-state index in [1.54, 1.807) is 23.5 Å². The smallest absolute Gasteiger partial charge is 0.234 e. The first-order chi connectivity index (χ1) is 13.1. The van der Waals surface area contributed by atoms with E-state index in [2.05, 4.69) is 24.4 Å². The molecule has 27 heavy (non-hydrogen) atoms. The molecule has 0 aliphatic carbocycles. The summed E-state index contributed by atoms with van der Waals surface area (Å²) in [6.45, 7) is 2.10. The average molecular weight is 414 g/mol. The van der Waals surface area contributed by atoms with Crippen LogP contribution in [0, 0.1) is 6.92 Å². The van der Waals surface area contributed by atoms with Gasteiger partial charge >= 0.3 is 0 Å². The lowest BCUT2D eigenvalue weighted by Crippen LogP contribution is -2.14. The molecule has 0 spiro atoms. The van der Waals surface area contributed by atoms with E-state index in [1.807, 2.05) is 60.7 Å². The van der Waals surface area contributed by atoms with Crippen molar-refractivity contribution in [2.24, 2.45) is 0 Å². The number of aryl methyl sites for hydroxylation is 1. The van der Waals surface area contributed by atoms with E-state index in [9.17, 15) is 4.79 Å². The Hall–Kier alpha value is -1.88. The fourth-order valence-electron chi connectivity index (χ4n) is 2.50. The second-order valence-electron chi connectivity index (χ2n) is 6.02. The number of halogens is 1. The topological polar surface area (TPSA) is 29.1 Å². The largest absolute Gasteiger partial charge is 0.324 e. The Morgan fingerprint density at radius 1 is 0.963 bits per heavy atom. The molecule has 1 amide bonds. The minimum absolute atomic E-state index is 0.0118. The van der Waals surface area contributed by atoms with Gasteiger partial charge in [0.2, 0.25) is 5.91 Å². The van der Waals surface area contributed by atoms with Crippen LogP contribution in [-0.4, -0.2) is 11.7 Å². The number of hydrogen-bond acceptors (Lipinski definition) is 3. The van der Waals surface area contributed by atoms with Crippen molar-refractivity contribution in [1.29, 1.82) is 0 Å². The molecule has 138 valence electrons. The fraction of sp³-hybridized carbons (Fsp3) is 0.136. The van der Waals surface area contributed by atoms with Crippen LogP contribution < -0.4 is 5.32 Å². The van der Waals surface area contributed by atoms with Crippen molar-refractivity contribution in [3.63, 3.8) is 0 Å². The number of carbonyl (C=O) groups is 1. The van der Waals surface area contributed by atoms with E-state index in [4.69, 9.17) is 11.6 Å². The number of para-hydroxylation sites is 1. The van der Waals surface area contributed by atoms with Crippen LogP contribution in [-0.2, 0) is 10.5 Å². The molecule has 5 heteroatoms. The molecule has 2 nitrogen and oxygen atoms in total. The SMILES string of the molecule is Cc1ccccc1CSCC(=O)Nc1ccccc1Sc1ccc(Cl)cc1. The van der Waals surface area contributed by atoms with Crippen molar-refractivity contribution in [1.82, 2.24) is 0 Å². The lowest BCUT2D eigenvalue weighted by Gasteiger charge is -2.11. The summed E-state index contributed by atoms with van der Waals surface area (Å²) in [7, 11) is 0. The van der Waals surface area contributed by atoms with Gasteiger partial charge in [-0.1, -0.05) is 59.8 Å². The Morgan fingerprint density at radius 3 is 2.44 bits per heavy atom. The van der Waals surface area contributed by atoms with Crippen LogP contribution in [0.15, 0.2) is 82.6 Å². The number of rotatable bonds is 7. The molecular formula is C22H20ClNOS2. The Balaban J connectivity index is 1.57. The lowest BCUT2D eigenvalue weighted by molar-refractivity contribution is -0.113. The van der Waals surface area contributed by atoms with Gasteiger partial charge in [-0.05, 0) is 54.4 Å². The van der Waals surface area contributed by atoms with E-state index in [0.29, 0.717) is 10.8 Å². The zero-order valence-electron chi connectivity index (χ0n) is 14.9. The molecule has 0 saturated heterocycles. The molecule has 0 aliphatic rings. The van der Waals surface area contributed by atoms with Gasteiger partial charge in [-0.15, -0.1) is 11.8 Å². The number of hydrogen-bond donors (Lipinski definition) is 1. The van der Waals surface area contributed by atoms with Crippen LogP contribution in [0.4, 0.5) is 5.69 Å². The summed E-state index contributed by atoms with van der Waals surface area (Å²) in [5.74, 6) is 1.27. The first-order valence-electron chi connectivity index (χ1n) is 8.56.